The van der Waals surface area contributed by atoms with Gasteiger partial charge in [0.05, 0.1) is 11.8 Å². The van der Waals surface area contributed by atoms with E-state index >= 15 is 0 Å². The van der Waals surface area contributed by atoms with Crippen LogP contribution in [-0.4, -0.2) is 7.11 Å². The van der Waals surface area contributed by atoms with Gasteiger partial charge in [-0.3, -0.25) is 0 Å². The summed E-state index contributed by atoms with van der Waals surface area (Å²) < 4.78 is 6.30. The Labute approximate surface area is 91.2 Å². The van der Waals surface area contributed by atoms with E-state index in [9.17, 15) is 0 Å². The van der Waals surface area contributed by atoms with Gasteiger partial charge in [0.2, 0.25) is 0 Å². The molecule has 0 saturated carbocycles. The molecule has 4 heteroatoms. The number of benzene rings is 1. The predicted octanol–water partition coefficient (Wildman–Crippen LogP) is 3.23. The standard InChI is InChI=1S/C10H10ClNOS/c1-13-9-5-14-10-7(9)2-6(4-11)3-8(10)12/h2-3,5H,4,12H2,1H3. The van der Waals surface area contributed by atoms with Crippen LogP contribution in [0.3, 0.4) is 0 Å². The van der Waals surface area contributed by atoms with Crippen LogP contribution >= 0.6 is 22.9 Å². The lowest BCUT2D eigenvalue weighted by Crippen LogP contribution is -1.88. The first-order chi connectivity index (χ1) is 6.76. The van der Waals surface area contributed by atoms with Crippen molar-refractivity contribution in [1.82, 2.24) is 0 Å². The number of thiophene rings is 1. The molecule has 0 radical (unpaired) electrons. The van der Waals surface area contributed by atoms with E-state index in [1.807, 2.05) is 17.5 Å². The highest BCUT2D eigenvalue weighted by Crippen LogP contribution is 2.36. The Morgan fingerprint density at radius 1 is 1.50 bits per heavy atom. The maximum Gasteiger partial charge on any atom is 0.137 e. The Balaban J connectivity index is 2.73. The van der Waals surface area contributed by atoms with Crippen molar-refractivity contribution in [3.63, 3.8) is 0 Å². The third kappa shape index (κ3) is 1.42. The Morgan fingerprint density at radius 2 is 2.29 bits per heavy atom. The van der Waals surface area contributed by atoms with E-state index in [1.54, 1.807) is 18.4 Å². The maximum atomic E-state index is 5.90. The summed E-state index contributed by atoms with van der Waals surface area (Å²) >= 11 is 7.36. The number of ether oxygens (including phenoxy) is 1. The maximum absolute atomic E-state index is 5.90. The van der Waals surface area contributed by atoms with Crippen LogP contribution < -0.4 is 10.5 Å². The molecule has 0 unspecified atom stereocenters. The highest BCUT2D eigenvalue weighted by Gasteiger charge is 2.08. The van der Waals surface area contributed by atoms with E-state index in [2.05, 4.69) is 0 Å². The molecule has 0 aliphatic heterocycles. The highest BCUT2D eigenvalue weighted by molar-refractivity contribution is 7.18. The van der Waals surface area contributed by atoms with Gasteiger partial charge in [0.15, 0.2) is 0 Å². The van der Waals surface area contributed by atoms with E-state index in [1.165, 1.54) is 0 Å². The zero-order chi connectivity index (χ0) is 10.1. The second-order valence-electron chi connectivity index (χ2n) is 3.00. The zero-order valence-electron chi connectivity index (χ0n) is 7.71. The van der Waals surface area contributed by atoms with Crippen molar-refractivity contribution in [3.8, 4) is 5.75 Å². The first-order valence-corrected chi connectivity index (χ1v) is 5.57. The monoisotopic (exact) mass is 227 g/mol. The van der Waals surface area contributed by atoms with E-state index in [0.29, 0.717) is 5.88 Å². The Bertz CT molecular complexity index is 466. The molecule has 2 nitrogen and oxygen atoms in total. The van der Waals surface area contributed by atoms with Gasteiger partial charge in [-0.05, 0) is 17.7 Å². The fraction of sp³-hybridized carbons (Fsp3) is 0.200. The van der Waals surface area contributed by atoms with Crippen molar-refractivity contribution < 1.29 is 4.74 Å². The first-order valence-electron chi connectivity index (χ1n) is 4.16. The number of nitrogen functional groups attached to an aromatic ring is 1. The quantitative estimate of drug-likeness (QED) is 0.632. The van der Waals surface area contributed by atoms with E-state index < -0.39 is 0 Å². The number of nitrogens with two attached hydrogens (primary N) is 1. The molecule has 0 fully saturated rings. The minimum atomic E-state index is 0.471. The molecule has 1 aromatic heterocycles. The topological polar surface area (TPSA) is 35.2 Å². The molecule has 74 valence electrons. The summed E-state index contributed by atoms with van der Waals surface area (Å²) in [6.07, 6.45) is 0. The lowest BCUT2D eigenvalue weighted by Gasteiger charge is -2.02. The SMILES string of the molecule is COc1csc2c(N)cc(CCl)cc12. The average molecular weight is 228 g/mol. The predicted molar refractivity (Wildman–Crippen MR) is 62.3 cm³/mol. The van der Waals surface area contributed by atoms with Crippen molar-refractivity contribution in [2.45, 2.75) is 5.88 Å². The number of fused-ring (bicyclic) bond motifs is 1. The molecule has 14 heavy (non-hydrogen) atoms. The summed E-state index contributed by atoms with van der Waals surface area (Å²) in [6, 6.07) is 3.93. The Morgan fingerprint density at radius 3 is 2.93 bits per heavy atom. The van der Waals surface area contributed by atoms with Gasteiger partial charge < -0.3 is 10.5 Å². The summed E-state index contributed by atoms with van der Waals surface area (Å²) in [4.78, 5) is 0. The molecule has 0 amide bonds. The number of hydrogen-bond donors (Lipinski definition) is 1. The van der Waals surface area contributed by atoms with Gasteiger partial charge >= 0.3 is 0 Å². The fourth-order valence-electron chi connectivity index (χ4n) is 1.44. The number of methoxy groups -OCH3 is 1. The molecule has 1 heterocycles. The average Bonchev–Trinajstić information content (AvgIpc) is 2.61. The van der Waals surface area contributed by atoms with Crippen molar-refractivity contribution >= 4 is 38.7 Å². The van der Waals surface area contributed by atoms with Crippen LogP contribution in [0.1, 0.15) is 5.56 Å². The molecule has 2 aromatic rings. The van der Waals surface area contributed by atoms with Gasteiger partial charge in [0.25, 0.3) is 0 Å². The normalized spacial score (nSPS) is 10.7. The molecule has 0 saturated heterocycles. The molecule has 0 aliphatic carbocycles. The molecule has 2 N–H and O–H groups in total. The molecule has 2 rings (SSSR count). The van der Waals surface area contributed by atoms with Crippen LogP contribution in [0.15, 0.2) is 17.5 Å². The van der Waals surface area contributed by atoms with Crippen molar-refractivity contribution in [3.05, 3.63) is 23.1 Å². The van der Waals surface area contributed by atoms with Crippen molar-refractivity contribution in [1.29, 1.82) is 0 Å². The van der Waals surface area contributed by atoms with E-state index in [-0.39, 0.29) is 0 Å². The van der Waals surface area contributed by atoms with Crippen molar-refractivity contribution in [2.24, 2.45) is 0 Å². The fourth-order valence-corrected chi connectivity index (χ4v) is 2.52. The third-order valence-corrected chi connectivity index (χ3v) is 3.43. The van der Waals surface area contributed by atoms with E-state index in [0.717, 1.165) is 27.1 Å². The van der Waals surface area contributed by atoms with Crippen LogP contribution in [0, 0.1) is 0 Å². The van der Waals surface area contributed by atoms with Crippen LogP contribution in [-0.2, 0) is 5.88 Å². The molecule has 0 aliphatic rings. The van der Waals surface area contributed by atoms with Gasteiger partial charge in [-0.15, -0.1) is 22.9 Å². The van der Waals surface area contributed by atoms with Gasteiger partial charge in [0, 0.05) is 22.3 Å². The molecule has 1 aromatic carbocycles. The zero-order valence-corrected chi connectivity index (χ0v) is 9.28. The third-order valence-electron chi connectivity index (χ3n) is 2.10. The minimum absolute atomic E-state index is 0.471. The molecule has 0 bridgehead atoms. The summed E-state index contributed by atoms with van der Waals surface area (Å²) in [5.41, 5.74) is 7.69. The summed E-state index contributed by atoms with van der Waals surface area (Å²) in [6.45, 7) is 0. The van der Waals surface area contributed by atoms with Crippen LogP contribution in [0.25, 0.3) is 10.1 Å². The van der Waals surface area contributed by atoms with Gasteiger partial charge in [-0.2, -0.15) is 0 Å². The number of rotatable bonds is 2. The first kappa shape index (κ1) is 9.62. The lowest BCUT2D eigenvalue weighted by molar-refractivity contribution is 0.421. The molecule has 0 spiro atoms. The largest absolute Gasteiger partial charge is 0.495 e. The van der Waals surface area contributed by atoms with Gasteiger partial charge in [0.1, 0.15) is 5.75 Å². The van der Waals surface area contributed by atoms with Gasteiger partial charge in [-0.25, -0.2) is 0 Å². The number of alkyl halides is 1. The molecular formula is C10H10ClNOS. The smallest absolute Gasteiger partial charge is 0.137 e. The lowest BCUT2D eigenvalue weighted by atomic mass is 10.1. The number of halogens is 1. The highest BCUT2D eigenvalue weighted by atomic mass is 35.5. The minimum Gasteiger partial charge on any atom is -0.495 e. The molecular weight excluding hydrogens is 218 g/mol. The van der Waals surface area contributed by atoms with Gasteiger partial charge in [-0.1, -0.05) is 0 Å². The summed E-state index contributed by atoms with van der Waals surface area (Å²) in [5.74, 6) is 1.34. The van der Waals surface area contributed by atoms with Crippen LogP contribution in [0.5, 0.6) is 5.75 Å². The number of hydrogen-bond acceptors (Lipinski definition) is 3. The second kappa shape index (κ2) is 3.67. The van der Waals surface area contributed by atoms with Crippen LogP contribution in [0.2, 0.25) is 0 Å². The summed E-state index contributed by atoms with van der Waals surface area (Å²) in [7, 11) is 1.66. The van der Waals surface area contributed by atoms with E-state index in [4.69, 9.17) is 22.1 Å². The second-order valence-corrected chi connectivity index (χ2v) is 4.15. The Hall–Kier alpha value is -0.930. The summed E-state index contributed by atoms with van der Waals surface area (Å²) in [5, 5.41) is 3.01. The van der Waals surface area contributed by atoms with Crippen molar-refractivity contribution in [2.75, 3.05) is 12.8 Å². The Kier molecular flexibility index (Phi) is 2.52. The van der Waals surface area contributed by atoms with Crippen LogP contribution in [0.4, 0.5) is 5.69 Å². The molecule has 0 atom stereocenters. The number of anilines is 1.